The summed E-state index contributed by atoms with van der Waals surface area (Å²) in [5, 5.41) is 4.85. The fourth-order valence-corrected chi connectivity index (χ4v) is 3.94. The highest BCUT2D eigenvalue weighted by Gasteiger charge is 2.19. The fraction of sp³-hybridized carbons (Fsp3) is 0.261. The van der Waals surface area contributed by atoms with Crippen molar-refractivity contribution >= 4 is 23.2 Å². The molecule has 0 aliphatic carbocycles. The lowest BCUT2D eigenvalue weighted by atomic mass is 10.1. The van der Waals surface area contributed by atoms with E-state index in [1.165, 1.54) is 11.3 Å². The third kappa shape index (κ3) is 5.04. The van der Waals surface area contributed by atoms with Crippen LogP contribution in [0.15, 0.2) is 59.4 Å². The van der Waals surface area contributed by atoms with Gasteiger partial charge >= 0.3 is 0 Å². The monoisotopic (exact) mass is 421 g/mol. The van der Waals surface area contributed by atoms with Crippen LogP contribution in [0.1, 0.15) is 44.8 Å². The van der Waals surface area contributed by atoms with Crippen molar-refractivity contribution in [3.05, 3.63) is 81.8 Å². The first-order valence-corrected chi connectivity index (χ1v) is 10.9. The number of aromatic nitrogens is 1. The van der Waals surface area contributed by atoms with Gasteiger partial charge in [0.1, 0.15) is 12.4 Å². The fourth-order valence-electron chi connectivity index (χ4n) is 3.39. The molecule has 1 aliphatic heterocycles. The highest BCUT2D eigenvalue weighted by atomic mass is 32.1. The van der Waals surface area contributed by atoms with Gasteiger partial charge in [0.05, 0.1) is 11.2 Å². The maximum atomic E-state index is 12.6. The van der Waals surface area contributed by atoms with Gasteiger partial charge in [-0.1, -0.05) is 18.2 Å². The van der Waals surface area contributed by atoms with Gasteiger partial charge in [-0.3, -0.25) is 9.59 Å². The molecule has 0 saturated carbocycles. The molecule has 0 radical (unpaired) electrons. The maximum absolute atomic E-state index is 12.6. The van der Waals surface area contributed by atoms with E-state index in [1.807, 2.05) is 40.6 Å². The number of amides is 2. The minimum absolute atomic E-state index is 0.0608. The SMILES string of the molecule is O=C(NCc1cccc(C(=O)N2CCCC2)c1)c1cccc(OCc2cscn2)c1. The Morgan fingerprint density at radius 1 is 1.07 bits per heavy atom. The molecule has 2 amide bonds. The minimum Gasteiger partial charge on any atom is -0.487 e. The molecule has 1 fully saturated rings. The molecule has 1 N–H and O–H groups in total. The number of carbonyl (C=O) groups is 2. The lowest BCUT2D eigenvalue weighted by molar-refractivity contribution is 0.0792. The van der Waals surface area contributed by atoms with Crippen LogP contribution >= 0.6 is 11.3 Å². The zero-order valence-electron chi connectivity index (χ0n) is 16.5. The molecule has 6 nitrogen and oxygen atoms in total. The summed E-state index contributed by atoms with van der Waals surface area (Å²) >= 11 is 1.52. The summed E-state index contributed by atoms with van der Waals surface area (Å²) in [6.45, 7) is 2.36. The largest absolute Gasteiger partial charge is 0.487 e. The lowest BCUT2D eigenvalue weighted by Crippen LogP contribution is -2.28. The molecule has 30 heavy (non-hydrogen) atoms. The van der Waals surface area contributed by atoms with Gasteiger partial charge in [0.2, 0.25) is 0 Å². The van der Waals surface area contributed by atoms with Crippen molar-refractivity contribution in [2.24, 2.45) is 0 Å². The summed E-state index contributed by atoms with van der Waals surface area (Å²) in [7, 11) is 0. The topological polar surface area (TPSA) is 71.5 Å². The second-order valence-electron chi connectivity index (χ2n) is 7.18. The maximum Gasteiger partial charge on any atom is 0.253 e. The van der Waals surface area contributed by atoms with Crippen molar-refractivity contribution in [2.45, 2.75) is 26.0 Å². The molecule has 1 aliphatic rings. The Morgan fingerprint density at radius 3 is 2.67 bits per heavy atom. The number of likely N-dealkylation sites (tertiary alicyclic amines) is 1. The Labute approximate surface area is 179 Å². The van der Waals surface area contributed by atoms with E-state index in [1.54, 1.807) is 23.7 Å². The standard InChI is InChI=1S/C23H23N3O3S/c27-22(18-6-4-8-21(12-18)29-14-20-15-30-16-25-20)24-13-17-5-3-7-19(11-17)23(28)26-9-1-2-10-26/h3-8,11-12,15-16H,1-2,9-10,13-14H2,(H,24,27). The van der Waals surface area contributed by atoms with Crippen LogP contribution in [0.2, 0.25) is 0 Å². The van der Waals surface area contributed by atoms with Crippen LogP contribution in [0.5, 0.6) is 5.75 Å². The number of carbonyl (C=O) groups excluding carboxylic acids is 2. The van der Waals surface area contributed by atoms with Gasteiger partial charge in [0.25, 0.3) is 11.8 Å². The van der Waals surface area contributed by atoms with Gasteiger partial charge in [0.15, 0.2) is 0 Å². The second-order valence-corrected chi connectivity index (χ2v) is 7.90. The number of hydrogen-bond acceptors (Lipinski definition) is 5. The van der Waals surface area contributed by atoms with Crippen molar-refractivity contribution in [1.29, 1.82) is 0 Å². The van der Waals surface area contributed by atoms with Crippen molar-refractivity contribution in [1.82, 2.24) is 15.2 Å². The van der Waals surface area contributed by atoms with E-state index in [0.717, 1.165) is 37.2 Å². The first kappa shape index (κ1) is 20.1. The van der Waals surface area contributed by atoms with Gasteiger partial charge in [-0.05, 0) is 48.7 Å². The Morgan fingerprint density at radius 2 is 1.87 bits per heavy atom. The van der Waals surface area contributed by atoms with E-state index in [0.29, 0.717) is 30.0 Å². The Balaban J connectivity index is 1.35. The lowest BCUT2D eigenvalue weighted by Gasteiger charge is -2.15. The highest BCUT2D eigenvalue weighted by molar-refractivity contribution is 7.07. The molecule has 2 heterocycles. The van der Waals surface area contributed by atoms with Crippen LogP contribution in [0.25, 0.3) is 0 Å². The third-order valence-corrected chi connectivity index (χ3v) is 5.62. The van der Waals surface area contributed by atoms with Gasteiger partial charge in [-0.25, -0.2) is 4.98 Å². The molecule has 0 unspecified atom stereocenters. The average molecular weight is 422 g/mol. The van der Waals surface area contributed by atoms with E-state index in [9.17, 15) is 9.59 Å². The van der Waals surface area contributed by atoms with Crippen LogP contribution in [-0.2, 0) is 13.2 Å². The van der Waals surface area contributed by atoms with Crippen LogP contribution in [-0.4, -0.2) is 34.8 Å². The summed E-state index contributed by atoms with van der Waals surface area (Å²) in [6, 6.07) is 14.5. The predicted molar refractivity (Wildman–Crippen MR) is 116 cm³/mol. The number of hydrogen-bond donors (Lipinski definition) is 1. The molecule has 0 spiro atoms. The van der Waals surface area contributed by atoms with Gasteiger partial charge in [-0.2, -0.15) is 0 Å². The molecule has 1 saturated heterocycles. The summed E-state index contributed by atoms with van der Waals surface area (Å²) in [5.41, 5.74) is 4.70. The summed E-state index contributed by atoms with van der Waals surface area (Å²) in [4.78, 5) is 31.2. The number of ether oxygens (including phenoxy) is 1. The number of nitrogens with zero attached hydrogens (tertiary/aromatic N) is 2. The number of rotatable bonds is 7. The number of thiazole rings is 1. The molecule has 2 aromatic carbocycles. The number of benzene rings is 2. The summed E-state index contributed by atoms with van der Waals surface area (Å²) < 4.78 is 5.72. The van der Waals surface area contributed by atoms with Crippen molar-refractivity contribution in [3.8, 4) is 5.75 Å². The van der Waals surface area contributed by atoms with Gasteiger partial charge in [-0.15, -0.1) is 11.3 Å². The van der Waals surface area contributed by atoms with Crippen LogP contribution < -0.4 is 10.1 Å². The third-order valence-electron chi connectivity index (χ3n) is 4.99. The van der Waals surface area contributed by atoms with Crippen LogP contribution in [0.4, 0.5) is 0 Å². The van der Waals surface area contributed by atoms with E-state index in [4.69, 9.17) is 4.74 Å². The molecular weight excluding hydrogens is 398 g/mol. The summed E-state index contributed by atoms with van der Waals surface area (Å²) in [6.07, 6.45) is 2.13. The average Bonchev–Trinajstić information content (AvgIpc) is 3.50. The van der Waals surface area contributed by atoms with Crippen molar-refractivity contribution < 1.29 is 14.3 Å². The first-order valence-electron chi connectivity index (χ1n) is 9.95. The van der Waals surface area contributed by atoms with Crippen molar-refractivity contribution in [2.75, 3.05) is 13.1 Å². The first-order chi connectivity index (χ1) is 14.7. The molecule has 154 valence electrons. The van der Waals surface area contributed by atoms with Crippen LogP contribution in [0.3, 0.4) is 0 Å². The Hall–Kier alpha value is -3.19. The molecule has 0 atom stereocenters. The smallest absolute Gasteiger partial charge is 0.253 e. The van der Waals surface area contributed by atoms with Crippen LogP contribution in [0, 0.1) is 0 Å². The number of nitrogens with one attached hydrogen (secondary N) is 1. The molecule has 0 bridgehead atoms. The molecule has 3 aromatic rings. The quantitative estimate of drug-likeness (QED) is 0.628. The minimum atomic E-state index is -0.189. The van der Waals surface area contributed by atoms with E-state index >= 15 is 0 Å². The van der Waals surface area contributed by atoms with Crippen molar-refractivity contribution in [3.63, 3.8) is 0 Å². The normalized spacial score (nSPS) is 13.3. The Bertz CT molecular complexity index is 1010. The Kier molecular flexibility index (Phi) is 6.39. The highest BCUT2D eigenvalue weighted by Crippen LogP contribution is 2.17. The molecule has 4 rings (SSSR count). The zero-order chi connectivity index (χ0) is 20.8. The summed E-state index contributed by atoms with van der Waals surface area (Å²) in [5.74, 6) is 0.491. The molecular formula is C23H23N3O3S. The van der Waals surface area contributed by atoms with E-state index < -0.39 is 0 Å². The second kappa shape index (κ2) is 9.54. The van der Waals surface area contributed by atoms with Gasteiger partial charge < -0.3 is 15.0 Å². The van der Waals surface area contributed by atoms with E-state index in [2.05, 4.69) is 10.3 Å². The predicted octanol–water partition coefficient (Wildman–Crippen LogP) is 3.89. The zero-order valence-corrected chi connectivity index (χ0v) is 17.4. The van der Waals surface area contributed by atoms with Gasteiger partial charge in [0, 0.05) is 36.1 Å². The molecule has 1 aromatic heterocycles. The molecule has 7 heteroatoms. The van der Waals surface area contributed by atoms with E-state index in [-0.39, 0.29) is 11.8 Å².